The number of anilines is 1. The number of aromatic nitrogens is 2. The lowest BCUT2D eigenvalue weighted by atomic mass is 9.98. The maximum Gasteiger partial charge on any atom is 0.257 e. The molecule has 0 bridgehead atoms. The van der Waals surface area contributed by atoms with Gasteiger partial charge in [0.05, 0.1) is 22.0 Å². The standard InChI is InChI=1S/C26H17ClFN3O2/c27-20-14-17(28)9-11-22(20)31-25(32)16-8-10-21-19(13-16)23(15-5-2-1-3-6-15)24(30-21)18-7-4-12-29-26(18)33/h1-14,30H,(H,29,33)(H,31,32). The number of carbonyl (C=O) groups is 1. The summed E-state index contributed by atoms with van der Waals surface area (Å²) in [5.41, 5.74) is 4.16. The minimum atomic E-state index is -0.484. The first kappa shape index (κ1) is 20.7. The van der Waals surface area contributed by atoms with Crippen molar-refractivity contribution in [3.8, 4) is 22.4 Å². The first-order valence-electron chi connectivity index (χ1n) is 10.2. The molecule has 162 valence electrons. The SMILES string of the molecule is O=C(Nc1ccc(F)cc1Cl)c1ccc2[nH]c(-c3ccc[nH]c3=O)c(-c3ccccc3)c2c1. The zero-order valence-electron chi connectivity index (χ0n) is 17.2. The van der Waals surface area contributed by atoms with Crippen molar-refractivity contribution >= 4 is 34.1 Å². The number of nitrogens with one attached hydrogen (secondary N) is 3. The van der Waals surface area contributed by atoms with Crippen LogP contribution < -0.4 is 10.9 Å². The number of aromatic amines is 2. The van der Waals surface area contributed by atoms with Crippen LogP contribution in [-0.2, 0) is 0 Å². The van der Waals surface area contributed by atoms with Crippen molar-refractivity contribution in [3.05, 3.63) is 112 Å². The van der Waals surface area contributed by atoms with Gasteiger partial charge in [0.1, 0.15) is 5.82 Å². The summed E-state index contributed by atoms with van der Waals surface area (Å²) in [6.07, 6.45) is 1.58. The number of rotatable bonds is 4. The molecule has 0 aliphatic carbocycles. The van der Waals surface area contributed by atoms with Gasteiger partial charge in [-0.2, -0.15) is 0 Å². The van der Waals surface area contributed by atoms with Gasteiger partial charge in [-0.3, -0.25) is 9.59 Å². The Labute approximate surface area is 192 Å². The van der Waals surface area contributed by atoms with Gasteiger partial charge in [-0.1, -0.05) is 41.9 Å². The fraction of sp³-hybridized carbons (Fsp3) is 0. The van der Waals surface area contributed by atoms with Crippen LogP contribution in [-0.4, -0.2) is 15.9 Å². The predicted molar refractivity (Wildman–Crippen MR) is 129 cm³/mol. The normalized spacial score (nSPS) is 11.0. The third kappa shape index (κ3) is 3.92. The Morgan fingerprint density at radius 2 is 1.76 bits per heavy atom. The summed E-state index contributed by atoms with van der Waals surface area (Å²) >= 11 is 6.06. The second-order valence-corrected chi connectivity index (χ2v) is 7.90. The van der Waals surface area contributed by atoms with Crippen LogP contribution in [0.5, 0.6) is 0 Å². The maximum absolute atomic E-state index is 13.3. The first-order chi connectivity index (χ1) is 16.0. The van der Waals surface area contributed by atoms with E-state index in [2.05, 4.69) is 15.3 Å². The number of halogens is 2. The quantitative estimate of drug-likeness (QED) is 0.299. The van der Waals surface area contributed by atoms with Gasteiger partial charge in [0.25, 0.3) is 11.5 Å². The van der Waals surface area contributed by atoms with Gasteiger partial charge < -0.3 is 15.3 Å². The van der Waals surface area contributed by atoms with Crippen molar-refractivity contribution in [2.45, 2.75) is 0 Å². The molecular weight excluding hydrogens is 441 g/mol. The summed E-state index contributed by atoms with van der Waals surface area (Å²) in [5, 5.41) is 3.62. The molecular formula is C26H17ClFN3O2. The van der Waals surface area contributed by atoms with E-state index in [0.29, 0.717) is 22.5 Å². The molecule has 0 aliphatic rings. The van der Waals surface area contributed by atoms with Crippen molar-refractivity contribution in [2.75, 3.05) is 5.32 Å². The number of carbonyl (C=O) groups excluding carboxylic acids is 1. The van der Waals surface area contributed by atoms with Gasteiger partial charge in [0.15, 0.2) is 0 Å². The molecule has 5 rings (SSSR count). The highest BCUT2D eigenvalue weighted by Crippen LogP contribution is 2.37. The monoisotopic (exact) mass is 457 g/mol. The Kier molecular flexibility index (Phi) is 5.28. The van der Waals surface area contributed by atoms with Crippen molar-refractivity contribution < 1.29 is 9.18 Å². The first-order valence-corrected chi connectivity index (χ1v) is 10.5. The molecule has 0 fully saturated rings. The Morgan fingerprint density at radius 3 is 2.52 bits per heavy atom. The minimum Gasteiger partial charge on any atom is -0.354 e. The molecule has 33 heavy (non-hydrogen) atoms. The van der Waals surface area contributed by atoms with E-state index >= 15 is 0 Å². The minimum absolute atomic E-state index is 0.113. The number of benzene rings is 3. The van der Waals surface area contributed by atoms with Crippen LogP contribution in [0, 0.1) is 5.82 Å². The lowest BCUT2D eigenvalue weighted by Gasteiger charge is -2.08. The number of amides is 1. The molecule has 5 aromatic rings. The molecule has 0 radical (unpaired) electrons. The van der Waals surface area contributed by atoms with Crippen LogP contribution in [0.1, 0.15) is 10.4 Å². The number of hydrogen-bond donors (Lipinski definition) is 3. The van der Waals surface area contributed by atoms with Gasteiger partial charge in [0.2, 0.25) is 0 Å². The van der Waals surface area contributed by atoms with Crippen LogP contribution >= 0.6 is 11.6 Å². The van der Waals surface area contributed by atoms with E-state index in [9.17, 15) is 14.0 Å². The summed E-state index contributed by atoms with van der Waals surface area (Å²) in [5.74, 6) is -0.868. The summed E-state index contributed by atoms with van der Waals surface area (Å²) < 4.78 is 13.3. The third-order valence-corrected chi connectivity index (χ3v) is 5.70. The molecule has 3 N–H and O–H groups in total. The number of hydrogen-bond acceptors (Lipinski definition) is 2. The van der Waals surface area contributed by atoms with Gasteiger partial charge in [0, 0.05) is 28.2 Å². The van der Waals surface area contributed by atoms with Gasteiger partial charge in [-0.15, -0.1) is 0 Å². The van der Waals surface area contributed by atoms with Crippen molar-refractivity contribution in [1.29, 1.82) is 0 Å². The molecule has 0 saturated carbocycles. The summed E-state index contributed by atoms with van der Waals surface area (Å²) in [6, 6.07) is 22.2. The van der Waals surface area contributed by atoms with E-state index in [4.69, 9.17) is 11.6 Å². The molecule has 1 amide bonds. The van der Waals surface area contributed by atoms with Gasteiger partial charge >= 0.3 is 0 Å². The second-order valence-electron chi connectivity index (χ2n) is 7.49. The average molecular weight is 458 g/mol. The van der Waals surface area contributed by atoms with E-state index in [-0.39, 0.29) is 16.5 Å². The zero-order chi connectivity index (χ0) is 22.9. The lowest BCUT2D eigenvalue weighted by Crippen LogP contribution is -2.12. The molecule has 2 heterocycles. The van der Waals surface area contributed by atoms with E-state index in [1.807, 2.05) is 30.3 Å². The highest BCUT2D eigenvalue weighted by atomic mass is 35.5. The molecule has 0 spiro atoms. The zero-order valence-corrected chi connectivity index (χ0v) is 17.9. The van der Waals surface area contributed by atoms with Crippen LogP contribution in [0.4, 0.5) is 10.1 Å². The molecule has 7 heteroatoms. The molecule has 0 aliphatic heterocycles. The smallest absolute Gasteiger partial charge is 0.257 e. The predicted octanol–water partition coefficient (Wildman–Crippen LogP) is 6.24. The molecule has 0 saturated heterocycles. The van der Waals surface area contributed by atoms with Crippen LogP contribution in [0.25, 0.3) is 33.3 Å². The number of fused-ring (bicyclic) bond motifs is 1. The van der Waals surface area contributed by atoms with E-state index < -0.39 is 5.82 Å². The van der Waals surface area contributed by atoms with Crippen LogP contribution in [0.2, 0.25) is 5.02 Å². The van der Waals surface area contributed by atoms with Gasteiger partial charge in [-0.25, -0.2) is 4.39 Å². The molecule has 0 atom stereocenters. The molecule has 0 unspecified atom stereocenters. The molecule has 5 nitrogen and oxygen atoms in total. The molecule has 3 aromatic carbocycles. The maximum atomic E-state index is 13.3. The van der Waals surface area contributed by atoms with Crippen molar-refractivity contribution in [3.63, 3.8) is 0 Å². The second kappa shape index (κ2) is 8.41. The topological polar surface area (TPSA) is 77.8 Å². The van der Waals surface area contributed by atoms with E-state index in [1.54, 1.807) is 36.5 Å². The van der Waals surface area contributed by atoms with Crippen LogP contribution in [0.15, 0.2) is 89.9 Å². The molecule has 2 aromatic heterocycles. The highest BCUT2D eigenvalue weighted by Gasteiger charge is 2.19. The number of H-pyrrole nitrogens is 2. The average Bonchev–Trinajstić information content (AvgIpc) is 3.20. The van der Waals surface area contributed by atoms with E-state index in [1.165, 1.54) is 12.1 Å². The highest BCUT2D eigenvalue weighted by molar-refractivity contribution is 6.34. The lowest BCUT2D eigenvalue weighted by molar-refractivity contribution is 0.102. The Hall–Kier alpha value is -4.16. The number of pyridine rings is 1. The van der Waals surface area contributed by atoms with Crippen molar-refractivity contribution in [1.82, 2.24) is 9.97 Å². The van der Waals surface area contributed by atoms with Crippen LogP contribution in [0.3, 0.4) is 0 Å². The van der Waals surface area contributed by atoms with Crippen molar-refractivity contribution in [2.24, 2.45) is 0 Å². The Morgan fingerprint density at radius 1 is 0.939 bits per heavy atom. The summed E-state index contributed by atoms with van der Waals surface area (Å²) in [7, 11) is 0. The summed E-state index contributed by atoms with van der Waals surface area (Å²) in [4.78, 5) is 31.5. The fourth-order valence-corrected chi connectivity index (χ4v) is 4.06. The Balaban J connectivity index is 1.65. The Bertz CT molecular complexity index is 1560. The summed E-state index contributed by atoms with van der Waals surface area (Å²) in [6.45, 7) is 0. The third-order valence-electron chi connectivity index (χ3n) is 5.39. The van der Waals surface area contributed by atoms with E-state index in [0.717, 1.165) is 28.1 Å². The van der Waals surface area contributed by atoms with Gasteiger partial charge in [-0.05, 0) is 54.1 Å². The fourth-order valence-electron chi connectivity index (χ4n) is 3.84. The largest absolute Gasteiger partial charge is 0.354 e.